The Kier molecular flexibility index (Phi) is 25.7. The van der Waals surface area contributed by atoms with E-state index >= 15 is 0 Å². The molecule has 6 N–H and O–H groups in total. The number of carbonyl (C=O) groups is 5. The zero-order chi connectivity index (χ0) is 44.6. The molecule has 0 bridgehead atoms. The van der Waals surface area contributed by atoms with Crippen LogP contribution in [0.3, 0.4) is 0 Å². The Morgan fingerprint density at radius 2 is 0.860 bits per heavy atom. The first kappa shape index (κ1) is 54.4. The van der Waals surface area contributed by atoms with Crippen molar-refractivity contribution >= 4 is 37.7 Å². The number of carbonyl (C=O) groups excluding carboxylic acids is 5. The molecule has 1 unspecified atom stereocenters. The summed E-state index contributed by atoms with van der Waals surface area (Å²) in [6, 6.07) is 10.6. The van der Waals surface area contributed by atoms with E-state index in [1.54, 1.807) is 0 Å². The lowest BCUT2D eigenvalue weighted by molar-refractivity contribution is -0.168. The van der Waals surface area contributed by atoms with Crippen LogP contribution in [-0.2, 0) is 63.4 Å². The van der Waals surface area contributed by atoms with E-state index in [0.717, 1.165) is 6.42 Å². The molecule has 0 saturated carbocycles. The van der Waals surface area contributed by atoms with Crippen LogP contribution in [-0.4, -0.2) is 109 Å². The fraction of sp³-hybridized carbons (Fsp3) is 0.462. The highest BCUT2D eigenvalue weighted by atomic mass is 31.2. The van der Waals surface area contributed by atoms with Crippen molar-refractivity contribution in [2.75, 3.05) is 52.9 Å². The van der Waals surface area contributed by atoms with Gasteiger partial charge in [0.15, 0.2) is 0 Å². The van der Waals surface area contributed by atoms with Gasteiger partial charge < -0.3 is 53.9 Å². The third-order valence-corrected chi connectivity index (χ3v) is 6.84. The summed E-state index contributed by atoms with van der Waals surface area (Å²) in [5, 5.41) is 10.3. The number of aliphatic hydroxyl groups excluding tert-OH is 1. The quantitative estimate of drug-likeness (QED) is 0.0486. The molecule has 18 heteroatoms. The number of ether oxygens (including phenoxy) is 6. The molecule has 1 atom stereocenters. The number of phosphoric acid groups is 1. The van der Waals surface area contributed by atoms with Crippen LogP contribution in [0.25, 0.3) is 0 Å². The number of hydrogen-bond donors (Lipinski definition) is 5. The van der Waals surface area contributed by atoms with Crippen LogP contribution in [0.5, 0.6) is 0 Å². The molecule has 57 heavy (non-hydrogen) atoms. The molecule has 0 fully saturated rings. The van der Waals surface area contributed by atoms with Crippen molar-refractivity contribution in [1.29, 1.82) is 0 Å². The molecule has 1 rings (SSSR count). The number of esters is 5. The van der Waals surface area contributed by atoms with E-state index in [-0.39, 0.29) is 47.1 Å². The molecule has 17 nitrogen and oxygen atoms in total. The second-order valence-corrected chi connectivity index (χ2v) is 14.6. The van der Waals surface area contributed by atoms with Gasteiger partial charge in [-0.1, -0.05) is 63.2 Å². The Morgan fingerprint density at radius 1 is 0.596 bits per heavy atom. The van der Waals surface area contributed by atoms with Crippen LogP contribution in [0.1, 0.15) is 47.1 Å². The Balaban J connectivity index is 0. The van der Waals surface area contributed by atoms with Crippen molar-refractivity contribution in [3.63, 3.8) is 0 Å². The van der Waals surface area contributed by atoms with Gasteiger partial charge in [-0.2, -0.15) is 0 Å². The first-order chi connectivity index (χ1) is 26.2. The molecule has 0 spiro atoms. The molecule has 0 aliphatic heterocycles. The molecule has 320 valence electrons. The molecule has 0 amide bonds. The molecule has 0 aliphatic rings. The lowest BCUT2D eigenvalue weighted by Gasteiger charge is -2.35. The Labute approximate surface area is 334 Å². The first-order valence-electron chi connectivity index (χ1n) is 17.1. The summed E-state index contributed by atoms with van der Waals surface area (Å²) < 4.78 is 41.2. The zero-order valence-electron chi connectivity index (χ0n) is 33.6. The minimum absolute atomic E-state index is 0.0839. The lowest BCUT2D eigenvalue weighted by atomic mass is 9.90. The summed E-state index contributed by atoms with van der Waals surface area (Å²) in [5.41, 5.74) is 4.46. The number of nitrogens with two attached hydrogens (primary N) is 1. The van der Waals surface area contributed by atoms with E-state index < -0.39 is 88.1 Å². The van der Waals surface area contributed by atoms with Crippen molar-refractivity contribution in [3.8, 4) is 0 Å². The van der Waals surface area contributed by atoms with E-state index in [1.165, 1.54) is 40.2 Å². The monoisotopic (exact) mass is 827 g/mol. The summed E-state index contributed by atoms with van der Waals surface area (Å²) in [6.45, 7) is 23.1. The molecule has 0 aromatic heterocycles. The maximum absolute atomic E-state index is 12.2. The SMILES string of the molecule is C=C(C)C(=O)OCC(CO)(COCC(COC(=O)C(=C)C)(COC(=O)C(=C)C)COC(=O)C(=C)C)COC(=O)C(=C)C.CC(N)Cc1ccccc1.O=P(O)(O)O. The molecule has 1 aromatic rings. The summed E-state index contributed by atoms with van der Waals surface area (Å²) in [4.78, 5) is 82.3. The zero-order valence-corrected chi connectivity index (χ0v) is 34.5. The Hall–Kier alpha value is -4.74. The first-order valence-corrected chi connectivity index (χ1v) is 18.7. The van der Waals surface area contributed by atoms with Gasteiger partial charge in [-0.05, 0) is 53.5 Å². The fourth-order valence-electron chi connectivity index (χ4n) is 3.69. The van der Waals surface area contributed by atoms with Crippen LogP contribution in [0.4, 0.5) is 0 Å². The van der Waals surface area contributed by atoms with Crippen LogP contribution in [0, 0.1) is 10.8 Å². The molecule has 0 heterocycles. The van der Waals surface area contributed by atoms with Crippen molar-refractivity contribution < 1.29 is 76.7 Å². The van der Waals surface area contributed by atoms with Crippen LogP contribution in [0.15, 0.2) is 91.1 Å². The number of hydrogen-bond acceptors (Lipinski definition) is 14. The van der Waals surface area contributed by atoms with Gasteiger partial charge >= 0.3 is 37.7 Å². The van der Waals surface area contributed by atoms with E-state index in [4.69, 9.17) is 53.4 Å². The van der Waals surface area contributed by atoms with Crippen molar-refractivity contribution in [2.45, 2.75) is 54.0 Å². The molecule has 0 saturated heterocycles. The molecular formula is C39H58NO16P. The second kappa shape index (κ2) is 27.0. The number of aliphatic hydroxyl groups is 1. The Morgan fingerprint density at radius 3 is 1.11 bits per heavy atom. The number of benzene rings is 1. The van der Waals surface area contributed by atoms with Gasteiger partial charge in [0.05, 0.1) is 30.7 Å². The predicted octanol–water partition coefficient (Wildman–Crippen LogP) is 3.21. The van der Waals surface area contributed by atoms with Gasteiger partial charge in [-0.3, -0.25) is 0 Å². The van der Waals surface area contributed by atoms with Gasteiger partial charge in [0, 0.05) is 33.9 Å². The fourth-order valence-corrected chi connectivity index (χ4v) is 3.69. The average Bonchev–Trinajstić information content (AvgIpc) is 3.11. The normalized spacial score (nSPS) is 11.4. The molecule has 1 aromatic carbocycles. The van der Waals surface area contributed by atoms with Gasteiger partial charge in [0.1, 0.15) is 33.0 Å². The van der Waals surface area contributed by atoms with E-state index in [1.807, 2.05) is 25.1 Å². The topological polar surface area (TPSA) is 265 Å². The lowest BCUT2D eigenvalue weighted by Crippen LogP contribution is -2.46. The highest BCUT2D eigenvalue weighted by Crippen LogP contribution is 2.27. The maximum atomic E-state index is 12.2. The summed E-state index contributed by atoms with van der Waals surface area (Å²) in [6.07, 6.45) is 0.973. The average molecular weight is 828 g/mol. The van der Waals surface area contributed by atoms with Crippen LogP contribution in [0.2, 0.25) is 0 Å². The largest absolute Gasteiger partial charge is 0.466 e. The summed E-state index contributed by atoms with van der Waals surface area (Å²) in [5.74, 6) is -3.79. The van der Waals surface area contributed by atoms with Gasteiger partial charge in [-0.25, -0.2) is 28.5 Å². The van der Waals surface area contributed by atoms with E-state index in [0.29, 0.717) is 0 Å². The third kappa shape index (κ3) is 26.7. The Bertz CT molecular complexity index is 1500. The minimum Gasteiger partial charge on any atom is -0.461 e. The molecule has 0 aliphatic carbocycles. The van der Waals surface area contributed by atoms with Crippen molar-refractivity contribution in [3.05, 3.63) is 96.7 Å². The second-order valence-electron chi connectivity index (χ2n) is 13.6. The predicted molar refractivity (Wildman–Crippen MR) is 210 cm³/mol. The van der Waals surface area contributed by atoms with Gasteiger partial charge in [0.2, 0.25) is 0 Å². The van der Waals surface area contributed by atoms with Crippen LogP contribution < -0.4 is 5.73 Å². The third-order valence-electron chi connectivity index (χ3n) is 6.84. The smallest absolute Gasteiger partial charge is 0.461 e. The highest BCUT2D eigenvalue weighted by Gasteiger charge is 2.40. The maximum Gasteiger partial charge on any atom is 0.466 e. The highest BCUT2D eigenvalue weighted by molar-refractivity contribution is 7.45. The van der Waals surface area contributed by atoms with E-state index in [2.05, 4.69) is 45.0 Å². The minimum atomic E-state index is -4.64. The molecular weight excluding hydrogens is 769 g/mol. The van der Waals surface area contributed by atoms with E-state index in [9.17, 15) is 29.1 Å². The molecule has 0 radical (unpaired) electrons. The van der Waals surface area contributed by atoms with Crippen molar-refractivity contribution in [1.82, 2.24) is 0 Å². The van der Waals surface area contributed by atoms with Gasteiger partial charge in [-0.15, -0.1) is 0 Å². The summed E-state index contributed by atoms with van der Waals surface area (Å²) >= 11 is 0. The summed E-state index contributed by atoms with van der Waals surface area (Å²) in [7, 11) is -4.64. The van der Waals surface area contributed by atoms with Crippen molar-refractivity contribution in [2.24, 2.45) is 16.6 Å². The number of rotatable bonds is 22. The van der Waals surface area contributed by atoms with Crippen LogP contribution >= 0.6 is 7.82 Å². The standard InChI is InChI=1S/C30H42O12.C9H13N.H3O4P/c1-19(2)24(32)38-14-29(11-31,15-39-25(33)20(3)4)12-37-13-30(16-40-26(34)21(5)6,17-41-27(35)22(7)8)18-42-28(36)23(9)10;1-8(10)7-9-5-3-2-4-6-9;1-5(2,3)4/h31H,1,3,5,7,9,11-18H2,2,4,6,8,10H3;2-6,8H,7,10H2,1H3;(H3,1,2,3,4). The van der Waals surface area contributed by atoms with Gasteiger partial charge in [0.25, 0.3) is 0 Å².